The number of unbranched alkanes of at least 4 members (excludes halogenated alkanes) is 3. The summed E-state index contributed by atoms with van der Waals surface area (Å²) in [6.45, 7) is 0.418. The van der Waals surface area contributed by atoms with Crippen molar-refractivity contribution in [2.75, 3.05) is 11.9 Å². The first-order chi connectivity index (χ1) is 8.69. The highest BCUT2D eigenvalue weighted by Gasteiger charge is 2.10. The molecule has 1 rings (SSSR count). The molecule has 2 nitrogen and oxygen atoms in total. The molecule has 0 aliphatic rings. The van der Waals surface area contributed by atoms with E-state index in [9.17, 15) is 13.6 Å². The largest absolute Gasteiger partial charge is 0.493 e. The van der Waals surface area contributed by atoms with Gasteiger partial charge in [-0.2, -0.15) is 0 Å². The lowest BCUT2D eigenvalue weighted by Crippen LogP contribution is -2.01. The number of carbonyl (C=O) groups excluding carboxylic acids is 1. The van der Waals surface area contributed by atoms with Crippen LogP contribution in [0.2, 0.25) is 0 Å². The normalized spacial score (nSPS) is 10.4. The summed E-state index contributed by atoms with van der Waals surface area (Å²) < 4.78 is 31.7. The quantitative estimate of drug-likeness (QED) is 0.409. The molecule has 0 unspecified atom stereocenters. The topological polar surface area (TPSA) is 26.3 Å². The lowest BCUT2D eigenvalue weighted by atomic mass is 10.2. The Balaban J connectivity index is 2.41. The lowest BCUT2D eigenvalue weighted by Gasteiger charge is -2.07. The number of aldehydes is 1. The predicted molar refractivity (Wildman–Crippen MR) is 69.5 cm³/mol. The Labute approximate surface area is 113 Å². The van der Waals surface area contributed by atoms with Crippen LogP contribution in [0.5, 0.6) is 5.75 Å². The molecule has 18 heavy (non-hydrogen) atoms. The van der Waals surface area contributed by atoms with Crippen molar-refractivity contribution in [3.63, 3.8) is 0 Å². The van der Waals surface area contributed by atoms with Crippen molar-refractivity contribution in [2.24, 2.45) is 0 Å². The second-order valence-corrected chi connectivity index (χ2v) is 4.66. The van der Waals surface area contributed by atoms with Gasteiger partial charge in [-0.3, -0.25) is 4.79 Å². The van der Waals surface area contributed by atoms with E-state index in [0.717, 1.165) is 43.1 Å². The molecule has 0 radical (unpaired) electrons. The second-order valence-electron chi connectivity index (χ2n) is 3.87. The van der Waals surface area contributed by atoms with Gasteiger partial charge in [0, 0.05) is 17.5 Å². The molecule has 100 valence electrons. The monoisotopic (exact) mass is 320 g/mol. The fourth-order valence-electron chi connectivity index (χ4n) is 1.50. The Morgan fingerprint density at radius 2 is 1.72 bits per heavy atom. The Morgan fingerprint density at radius 3 is 2.28 bits per heavy atom. The molecule has 1 aromatic carbocycles. The summed E-state index contributed by atoms with van der Waals surface area (Å²) in [4.78, 5) is 10.4. The fourth-order valence-corrected chi connectivity index (χ4v) is 1.89. The van der Waals surface area contributed by atoms with Crippen molar-refractivity contribution in [3.05, 3.63) is 29.3 Å². The minimum absolute atomic E-state index is 0.121. The van der Waals surface area contributed by atoms with Crippen LogP contribution in [0.25, 0.3) is 0 Å². The molecule has 0 atom stereocenters. The maximum Gasteiger partial charge on any atom is 0.155 e. The zero-order valence-electron chi connectivity index (χ0n) is 9.93. The zero-order valence-corrected chi connectivity index (χ0v) is 11.5. The Hall–Kier alpha value is -0.970. The van der Waals surface area contributed by atoms with Gasteiger partial charge >= 0.3 is 0 Å². The average Bonchev–Trinajstić information content (AvgIpc) is 2.33. The minimum Gasteiger partial charge on any atom is -0.493 e. The van der Waals surface area contributed by atoms with Crippen LogP contribution in [-0.2, 0) is 0 Å². The van der Waals surface area contributed by atoms with Crippen molar-refractivity contribution in [2.45, 2.75) is 25.7 Å². The van der Waals surface area contributed by atoms with Crippen LogP contribution in [0.3, 0.4) is 0 Å². The number of benzene rings is 1. The molecule has 0 heterocycles. The van der Waals surface area contributed by atoms with Gasteiger partial charge in [-0.05, 0) is 12.8 Å². The van der Waals surface area contributed by atoms with E-state index in [1.165, 1.54) is 0 Å². The molecule has 5 heteroatoms. The second kappa shape index (κ2) is 8.19. The number of halogens is 3. The van der Waals surface area contributed by atoms with Crippen LogP contribution in [0, 0.1) is 11.6 Å². The van der Waals surface area contributed by atoms with Gasteiger partial charge in [0.1, 0.15) is 17.4 Å². The average molecular weight is 321 g/mol. The molecule has 0 bridgehead atoms. The first kappa shape index (κ1) is 15.1. The van der Waals surface area contributed by atoms with Crippen LogP contribution < -0.4 is 4.74 Å². The number of rotatable bonds is 8. The van der Waals surface area contributed by atoms with Crippen molar-refractivity contribution in [1.82, 2.24) is 0 Å². The van der Waals surface area contributed by atoms with Gasteiger partial charge in [0.05, 0.1) is 12.2 Å². The Bertz CT molecular complexity index is 374. The molecule has 0 saturated carbocycles. The van der Waals surface area contributed by atoms with Crippen molar-refractivity contribution in [1.29, 1.82) is 0 Å². The summed E-state index contributed by atoms with van der Waals surface area (Å²) in [5, 5.41) is 0.984. The van der Waals surface area contributed by atoms with Crippen LogP contribution >= 0.6 is 15.9 Å². The SMILES string of the molecule is O=Cc1c(F)cc(OCCCCCCBr)cc1F. The maximum atomic E-state index is 13.2. The van der Waals surface area contributed by atoms with Gasteiger partial charge in [-0.1, -0.05) is 28.8 Å². The van der Waals surface area contributed by atoms with E-state index < -0.39 is 17.2 Å². The highest BCUT2D eigenvalue weighted by molar-refractivity contribution is 9.09. The molecule has 0 aliphatic carbocycles. The number of ether oxygens (including phenoxy) is 1. The van der Waals surface area contributed by atoms with E-state index in [1.807, 2.05) is 0 Å². The number of alkyl halides is 1. The summed E-state index contributed by atoms with van der Waals surface area (Å²) in [7, 11) is 0. The molecule has 0 aliphatic heterocycles. The highest BCUT2D eigenvalue weighted by atomic mass is 79.9. The standard InChI is InChI=1S/C13H15BrF2O2/c14-5-3-1-2-4-6-18-10-7-12(15)11(9-17)13(16)8-10/h7-9H,1-6H2. The van der Waals surface area contributed by atoms with E-state index in [1.54, 1.807) is 0 Å². The molecular formula is C13H15BrF2O2. The Kier molecular flexibility index (Phi) is 6.86. The van der Waals surface area contributed by atoms with Crippen LogP contribution in [0.4, 0.5) is 8.78 Å². The van der Waals surface area contributed by atoms with Crippen molar-refractivity contribution < 1.29 is 18.3 Å². The number of hydrogen-bond donors (Lipinski definition) is 0. The summed E-state index contributed by atoms with van der Waals surface area (Å²) >= 11 is 3.34. The molecule has 0 amide bonds. The predicted octanol–water partition coefficient (Wildman–Crippen LogP) is 4.11. The molecule has 0 spiro atoms. The van der Waals surface area contributed by atoms with Gasteiger partial charge in [0.2, 0.25) is 0 Å². The third-order valence-electron chi connectivity index (χ3n) is 2.47. The maximum absolute atomic E-state index is 13.2. The third kappa shape index (κ3) is 4.72. The number of carbonyl (C=O) groups is 1. The van der Waals surface area contributed by atoms with Crippen LogP contribution in [0.1, 0.15) is 36.0 Å². The van der Waals surface area contributed by atoms with Gasteiger partial charge in [-0.25, -0.2) is 8.78 Å². The van der Waals surface area contributed by atoms with E-state index in [0.29, 0.717) is 6.61 Å². The van der Waals surface area contributed by atoms with Crippen molar-refractivity contribution in [3.8, 4) is 5.75 Å². The number of hydrogen-bond acceptors (Lipinski definition) is 2. The molecule has 1 aromatic rings. The van der Waals surface area contributed by atoms with E-state index >= 15 is 0 Å². The molecule has 0 saturated heterocycles. The van der Waals surface area contributed by atoms with Gasteiger partial charge < -0.3 is 4.74 Å². The molecule has 0 N–H and O–H groups in total. The summed E-state index contributed by atoms with van der Waals surface area (Å²) in [5.41, 5.74) is -0.556. The van der Waals surface area contributed by atoms with Gasteiger partial charge in [0.25, 0.3) is 0 Å². The summed E-state index contributed by atoms with van der Waals surface area (Å²) in [6.07, 6.45) is 4.22. The first-order valence-electron chi connectivity index (χ1n) is 5.82. The van der Waals surface area contributed by atoms with E-state index in [-0.39, 0.29) is 12.0 Å². The zero-order chi connectivity index (χ0) is 13.4. The highest BCUT2D eigenvalue weighted by Crippen LogP contribution is 2.19. The lowest BCUT2D eigenvalue weighted by molar-refractivity contribution is 0.111. The van der Waals surface area contributed by atoms with E-state index in [2.05, 4.69) is 15.9 Å². The minimum atomic E-state index is -0.890. The van der Waals surface area contributed by atoms with Crippen LogP contribution in [0.15, 0.2) is 12.1 Å². The first-order valence-corrected chi connectivity index (χ1v) is 6.94. The fraction of sp³-hybridized carbons (Fsp3) is 0.462. The van der Waals surface area contributed by atoms with Crippen LogP contribution in [-0.4, -0.2) is 18.2 Å². The van der Waals surface area contributed by atoms with E-state index in [4.69, 9.17) is 4.74 Å². The summed E-state index contributed by atoms with van der Waals surface area (Å²) in [6, 6.07) is 2.07. The Morgan fingerprint density at radius 1 is 1.11 bits per heavy atom. The third-order valence-corrected chi connectivity index (χ3v) is 3.03. The smallest absolute Gasteiger partial charge is 0.155 e. The molecule has 0 aromatic heterocycles. The van der Waals surface area contributed by atoms with Crippen molar-refractivity contribution >= 4 is 22.2 Å². The van der Waals surface area contributed by atoms with Gasteiger partial charge in [-0.15, -0.1) is 0 Å². The summed E-state index contributed by atoms with van der Waals surface area (Å²) in [5.74, 6) is -1.66. The van der Waals surface area contributed by atoms with Gasteiger partial charge in [0.15, 0.2) is 6.29 Å². The molecular weight excluding hydrogens is 306 g/mol. The molecule has 0 fully saturated rings.